The number of sulfonamides is 1. The van der Waals surface area contributed by atoms with Crippen molar-refractivity contribution in [1.82, 2.24) is 4.90 Å². The van der Waals surface area contributed by atoms with E-state index in [4.69, 9.17) is 16.3 Å². The van der Waals surface area contributed by atoms with Crippen molar-refractivity contribution in [3.05, 3.63) is 58.4 Å². The molecule has 0 saturated carbocycles. The van der Waals surface area contributed by atoms with Crippen molar-refractivity contribution in [3.8, 4) is 0 Å². The van der Waals surface area contributed by atoms with Crippen molar-refractivity contribution in [3.63, 3.8) is 0 Å². The molecule has 2 aromatic rings. The van der Waals surface area contributed by atoms with Crippen LogP contribution in [0.4, 0.5) is 10.1 Å². The number of nitrogens with zero attached hydrogens (tertiary/aromatic N) is 1. The molecule has 26 heavy (non-hydrogen) atoms. The highest BCUT2D eigenvalue weighted by Gasteiger charge is 2.17. The number of aryl methyl sites for hydroxylation is 1. The van der Waals surface area contributed by atoms with Gasteiger partial charge >= 0.3 is 0 Å². The van der Waals surface area contributed by atoms with Gasteiger partial charge in [-0.2, -0.15) is 0 Å². The number of hydrogen-bond donors (Lipinski definition) is 1. The van der Waals surface area contributed by atoms with Gasteiger partial charge in [0.2, 0.25) is 0 Å². The van der Waals surface area contributed by atoms with E-state index in [-0.39, 0.29) is 10.5 Å². The molecule has 1 aliphatic heterocycles. The van der Waals surface area contributed by atoms with Gasteiger partial charge in [0.25, 0.3) is 10.0 Å². The Kier molecular flexibility index (Phi) is 5.82. The van der Waals surface area contributed by atoms with Crippen molar-refractivity contribution < 1.29 is 17.5 Å². The molecule has 0 spiro atoms. The van der Waals surface area contributed by atoms with Crippen LogP contribution in [0.5, 0.6) is 0 Å². The van der Waals surface area contributed by atoms with E-state index in [1.54, 1.807) is 12.1 Å². The normalized spacial score (nSPS) is 15.8. The number of ether oxygens (including phenoxy) is 1. The summed E-state index contributed by atoms with van der Waals surface area (Å²) < 4.78 is 46.1. The summed E-state index contributed by atoms with van der Waals surface area (Å²) in [5, 5.41) is 0.493. The number of anilines is 1. The molecule has 1 saturated heterocycles. The molecule has 3 rings (SSSR count). The second-order valence-electron chi connectivity index (χ2n) is 6.21. The maximum atomic E-state index is 13.4. The molecule has 0 unspecified atom stereocenters. The molecule has 1 N–H and O–H groups in total. The zero-order valence-electron chi connectivity index (χ0n) is 14.3. The standard InChI is InChI=1S/C18H20ClFN2O3S/c1-13-10-16(4-5-18(13)20)26(23,24)21-15-3-2-14(17(19)11-15)12-22-6-8-25-9-7-22/h2-5,10-11,21H,6-9,12H2,1H3. The number of nitrogens with one attached hydrogen (secondary N) is 1. The Morgan fingerprint density at radius 2 is 1.92 bits per heavy atom. The summed E-state index contributed by atoms with van der Waals surface area (Å²) in [5.74, 6) is -0.445. The molecule has 0 bridgehead atoms. The lowest BCUT2D eigenvalue weighted by Gasteiger charge is -2.27. The van der Waals surface area contributed by atoms with E-state index in [2.05, 4.69) is 9.62 Å². The van der Waals surface area contributed by atoms with Gasteiger partial charge < -0.3 is 4.74 Å². The Morgan fingerprint density at radius 3 is 2.58 bits per heavy atom. The van der Waals surface area contributed by atoms with Crippen molar-refractivity contribution in [2.24, 2.45) is 0 Å². The minimum absolute atomic E-state index is 0.00455. The second-order valence-corrected chi connectivity index (χ2v) is 8.30. The zero-order chi connectivity index (χ0) is 18.7. The summed E-state index contributed by atoms with van der Waals surface area (Å²) in [6.45, 7) is 5.29. The van der Waals surface area contributed by atoms with E-state index in [1.165, 1.54) is 19.1 Å². The summed E-state index contributed by atoms with van der Waals surface area (Å²) in [6, 6.07) is 8.75. The summed E-state index contributed by atoms with van der Waals surface area (Å²) >= 11 is 6.33. The first-order valence-electron chi connectivity index (χ1n) is 8.23. The van der Waals surface area contributed by atoms with Crippen molar-refractivity contribution in [2.75, 3.05) is 31.0 Å². The highest BCUT2D eigenvalue weighted by atomic mass is 35.5. The number of halogens is 2. The number of benzene rings is 2. The van der Waals surface area contributed by atoms with E-state index in [0.717, 1.165) is 24.7 Å². The average molecular weight is 399 g/mol. The predicted octanol–water partition coefficient (Wildman–Crippen LogP) is 3.42. The van der Waals surface area contributed by atoms with Gasteiger partial charge in [0.1, 0.15) is 5.82 Å². The number of rotatable bonds is 5. The van der Waals surface area contributed by atoms with Gasteiger partial charge in [0.05, 0.1) is 23.8 Å². The third-order valence-corrected chi connectivity index (χ3v) is 5.97. The van der Waals surface area contributed by atoms with Crippen molar-refractivity contribution in [2.45, 2.75) is 18.4 Å². The topological polar surface area (TPSA) is 58.6 Å². The third kappa shape index (κ3) is 4.54. The highest BCUT2D eigenvalue weighted by Crippen LogP contribution is 2.25. The summed E-state index contributed by atoms with van der Waals surface area (Å²) in [7, 11) is -3.81. The van der Waals surface area contributed by atoms with Gasteiger partial charge in [-0.05, 0) is 48.4 Å². The number of morpholine rings is 1. The van der Waals surface area contributed by atoms with E-state index < -0.39 is 15.8 Å². The predicted molar refractivity (Wildman–Crippen MR) is 99.5 cm³/mol. The first kappa shape index (κ1) is 19.1. The lowest BCUT2D eigenvalue weighted by molar-refractivity contribution is 0.0342. The van der Waals surface area contributed by atoms with Crippen molar-refractivity contribution >= 4 is 27.3 Å². The molecule has 1 fully saturated rings. The van der Waals surface area contributed by atoms with Crippen LogP contribution in [0.1, 0.15) is 11.1 Å². The Bertz CT molecular complexity index is 899. The SMILES string of the molecule is Cc1cc(S(=O)(=O)Nc2ccc(CN3CCOCC3)c(Cl)c2)ccc1F. The molecule has 140 valence electrons. The minimum Gasteiger partial charge on any atom is -0.379 e. The first-order chi connectivity index (χ1) is 12.3. The Balaban J connectivity index is 1.75. The van der Waals surface area contributed by atoms with Crippen LogP contribution in [-0.4, -0.2) is 39.6 Å². The molecule has 0 aliphatic carbocycles. The molecule has 5 nitrogen and oxygen atoms in total. The van der Waals surface area contributed by atoms with E-state index in [1.807, 2.05) is 6.07 Å². The molecular weight excluding hydrogens is 379 g/mol. The molecule has 1 aliphatic rings. The first-order valence-corrected chi connectivity index (χ1v) is 10.1. The minimum atomic E-state index is -3.81. The lowest BCUT2D eigenvalue weighted by Crippen LogP contribution is -2.35. The average Bonchev–Trinajstić information content (AvgIpc) is 2.60. The van der Waals surface area contributed by atoms with Crippen LogP contribution < -0.4 is 4.72 Å². The summed E-state index contributed by atoms with van der Waals surface area (Å²) in [6.07, 6.45) is 0. The molecule has 2 aromatic carbocycles. The molecule has 0 amide bonds. The summed E-state index contributed by atoms with van der Waals surface area (Å²) in [4.78, 5) is 2.24. The lowest BCUT2D eigenvalue weighted by atomic mass is 10.2. The van der Waals surface area contributed by atoms with Gasteiger partial charge in [0.15, 0.2) is 0 Å². The van der Waals surface area contributed by atoms with E-state index >= 15 is 0 Å². The van der Waals surface area contributed by atoms with Crippen molar-refractivity contribution in [1.29, 1.82) is 0 Å². The van der Waals surface area contributed by atoms with E-state index in [0.29, 0.717) is 30.5 Å². The fourth-order valence-corrected chi connectivity index (χ4v) is 4.11. The van der Waals surface area contributed by atoms with Crippen LogP contribution in [0.3, 0.4) is 0 Å². The van der Waals surface area contributed by atoms with E-state index in [9.17, 15) is 12.8 Å². The quantitative estimate of drug-likeness (QED) is 0.838. The number of hydrogen-bond acceptors (Lipinski definition) is 4. The third-order valence-electron chi connectivity index (χ3n) is 4.24. The van der Waals surface area contributed by atoms with Crippen LogP contribution >= 0.6 is 11.6 Å². The van der Waals surface area contributed by atoms with Gasteiger partial charge in [-0.1, -0.05) is 17.7 Å². The van der Waals surface area contributed by atoms with Crippen LogP contribution in [0.25, 0.3) is 0 Å². The fraction of sp³-hybridized carbons (Fsp3) is 0.333. The smallest absolute Gasteiger partial charge is 0.261 e. The fourth-order valence-electron chi connectivity index (χ4n) is 2.74. The maximum Gasteiger partial charge on any atom is 0.261 e. The largest absolute Gasteiger partial charge is 0.379 e. The van der Waals surface area contributed by atoms with Gasteiger partial charge in [-0.25, -0.2) is 12.8 Å². The van der Waals surface area contributed by atoms with Crippen LogP contribution in [-0.2, 0) is 21.3 Å². The van der Waals surface area contributed by atoms with Crippen LogP contribution in [0.2, 0.25) is 5.02 Å². The Hall–Kier alpha value is -1.67. The molecule has 0 radical (unpaired) electrons. The molecule has 1 heterocycles. The summed E-state index contributed by atoms with van der Waals surface area (Å²) in [5.41, 5.74) is 1.56. The van der Waals surface area contributed by atoms with Crippen LogP contribution in [0, 0.1) is 12.7 Å². The molecule has 8 heteroatoms. The molecular formula is C18H20ClFN2O3S. The van der Waals surface area contributed by atoms with Gasteiger partial charge in [-0.3, -0.25) is 9.62 Å². The Labute approximate surface area is 157 Å². The second kappa shape index (κ2) is 7.92. The van der Waals surface area contributed by atoms with Crippen LogP contribution in [0.15, 0.2) is 41.3 Å². The molecule has 0 aromatic heterocycles. The van der Waals surface area contributed by atoms with Gasteiger partial charge in [0, 0.05) is 24.7 Å². The maximum absolute atomic E-state index is 13.4. The monoisotopic (exact) mass is 398 g/mol. The Morgan fingerprint density at radius 1 is 1.19 bits per heavy atom. The molecule has 0 atom stereocenters. The zero-order valence-corrected chi connectivity index (χ0v) is 15.9. The highest BCUT2D eigenvalue weighted by molar-refractivity contribution is 7.92. The van der Waals surface area contributed by atoms with Gasteiger partial charge in [-0.15, -0.1) is 0 Å².